The number of aliphatic imine (C=N–C) groups is 1. The van der Waals surface area contributed by atoms with Gasteiger partial charge >= 0.3 is 5.97 Å². The van der Waals surface area contributed by atoms with Crippen LogP contribution in [0.3, 0.4) is 0 Å². The summed E-state index contributed by atoms with van der Waals surface area (Å²) < 4.78 is 0. The normalized spacial score (nSPS) is 20.2. The van der Waals surface area contributed by atoms with Gasteiger partial charge in [0.2, 0.25) is 5.91 Å². The molecule has 1 amide bonds. The van der Waals surface area contributed by atoms with Crippen molar-refractivity contribution in [2.75, 3.05) is 18.4 Å². The average molecular weight is 456 g/mol. The van der Waals surface area contributed by atoms with Crippen molar-refractivity contribution in [1.82, 2.24) is 4.90 Å². The van der Waals surface area contributed by atoms with Gasteiger partial charge in [-0.15, -0.1) is 0 Å². The standard InChI is InChI=1S/C25H30ClN3O3/c1-4-29-14-8-13-25(29,3)24(32)28-21-12-11-19(26)16-20(21)23(18-9-6-5-7-10-18)27-17(2)15-22(30)31/h5-7,9-12,16-17H,4,8,13-15H2,1-3H3,(H,28,32)(H,30,31)/t17-,25-/m1/s1. The minimum Gasteiger partial charge on any atom is -0.481 e. The smallest absolute Gasteiger partial charge is 0.305 e. The minimum absolute atomic E-state index is 0.0635. The van der Waals surface area contributed by atoms with Gasteiger partial charge in [-0.3, -0.25) is 19.5 Å². The zero-order valence-corrected chi connectivity index (χ0v) is 19.5. The summed E-state index contributed by atoms with van der Waals surface area (Å²) in [6.07, 6.45) is 1.68. The monoisotopic (exact) mass is 455 g/mol. The number of carboxylic acids is 1. The molecular weight excluding hydrogens is 426 g/mol. The minimum atomic E-state index is -0.915. The number of likely N-dealkylation sites (N-methyl/N-ethyl adjacent to an activating group) is 1. The van der Waals surface area contributed by atoms with E-state index >= 15 is 0 Å². The lowest BCUT2D eigenvalue weighted by Crippen LogP contribution is -2.50. The maximum atomic E-state index is 13.4. The fraction of sp³-hybridized carbons (Fsp3) is 0.400. The number of carbonyl (C=O) groups excluding carboxylic acids is 1. The van der Waals surface area contributed by atoms with Crippen LogP contribution in [0.15, 0.2) is 53.5 Å². The third-order valence-electron chi connectivity index (χ3n) is 6.01. The molecule has 2 N–H and O–H groups in total. The summed E-state index contributed by atoms with van der Waals surface area (Å²) >= 11 is 6.34. The van der Waals surface area contributed by atoms with Crippen molar-refractivity contribution in [3.63, 3.8) is 0 Å². The van der Waals surface area contributed by atoms with Gasteiger partial charge in [0.05, 0.1) is 29.4 Å². The van der Waals surface area contributed by atoms with Crippen molar-refractivity contribution in [1.29, 1.82) is 0 Å². The van der Waals surface area contributed by atoms with Crippen molar-refractivity contribution >= 4 is 34.9 Å². The lowest BCUT2D eigenvalue weighted by atomic mass is 9.96. The van der Waals surface area contributed by atoms with Crippen LogP contribution >= 0.6 is 11.6 Å². The van der Waals surface area contributed by atoms with E-state index in [0.717, 1.165) is 31.5 Å². The lowest BCUT2D eigenvalue weighted by molar-refractivity contribution is -0.137. The highest BCUT2D eigenvalue weighted by Crippen LogP contribution is 2.32. The predicted octanol–water partition coefficient (Wildman–Crippen LogP) is 4.85. The van der Waals surface area contributed by atoms with Crippen LogP contribution in [0.25, 0.3) is 0 Å². The van der Waals surface area contributed by atoms with Crippen LogP contribution in [0.4, 0.5) is 5.69 Å². The van der Waals surface area contributed by atoms with E-state index in [2.05, 4.69) is 17.1 Å². The molecule has 32 heavy (non-hydrogen) atoms. The maximum absolute atomic E-state index is 13.4. The van der Waals surface area contributed by atoms with E-state index in [-0.39, 0.29) is 12.3 Å². The molecule has 1 aliphatic heterocycles. The summed E-state index contributed by atoms with van der Waals surface area (Å²) in [6, 6.07) is 14.4. The van der Waals surface area contributed by atoms with Gasteiger partial charge in [-0.2, -0.15) is 0 Å². The first-order chi connectivity index (χ1) is 15.2. The van der Waals surface area contributed by atoms with Crippen LogP contribution in [0.2, 0.25) is 5.02 Å². The second kappa shape index (κ2) is 10.3. The first-order valence-electron chi connectivity index (χ1n) is 11.0. The third kappa shape index (κ3) is 5.37. The maximum Gasteiger partial charge on any atom is 0.305 e. The molecule has 0 bridgehead atoms. The van der Waals surface area contributed by atoms with Crippen molar-refractivity contribution in [3.8, 4) is 0 Å². The van der Waals surface area contributed by atoms with Crippen LogP contribution in [0, 0.1) is 0 Å². The highest BCUT2D eigenvalue weighted by molar-refractivity contribution is 6.31. The Balaban J connectivity index is 2.04. The van der Waals surface area contributed by atoms with Crippen LogP contribution in [0.1, 0.15) is 51.2 Å². The molecule has 3 rings (SSSR count). The molecule has 2 atom stereocenters. The van der Waals surface area contributed by atoms with E-state index < -0.39 is 17.6 Å². The van der Waals surface area contributed by atoms with Gasteiger partial charge in [-0.25, -0.2) is 0 Å². The highest BCUT2D eigenvalue weighted by Gasteiger charge is 2.42. The van der Waals surface area contributed by atoms with E-state index in [1.165, 1.54) is 0 Å². The number of halogens is 1. The largest absolute Gasteiger partial charge is 0.481 e. The first kappa shape index (κ1) is 24.0. The number of rotatable bonds is 8. The summed E-state index contributed by atoms with van der Waals surface area (Å²) in [5, 5.41) is 12.8. The van der Waals surface area contributed by atoms with Gasteiger partial charge in [0.25, 0.3) is 0 Å². The Hall–Kier alpha value is -2.70. The topological polar surface area (TPSA) is 82.0 Å². The molecule has 2 aromatic rings. The molecular formula is C25H30ClN3O3. The summed E-state index contributed by atoms with van der Waals surface area (Å²) in [7, 11) is 0. The molecule has 0 unspecified atom stereocenters. The molecule has 1 saturated heterocycles. The Morgan fingerprint density at radius 3 is 2.62 bits per heavy atom. The molecule has 2 aromatic carbocycles. The predicted molar refractivity (Wildman–Crippen MR) is 129 cm³/mol. The van der Waals surface area contributed by atoms with Crippen LogP contribution in [-0.2, 0) is 9.59 Å². The van der Waals surface area contributed by atoms with Crippen LogP contribution in [0.5, 0.6) is 0 Å². The number of nitrogens with one attached hydrogen (secondary N) is 1. The molecule has 1 fully saturated rings. The molecule has 0 saturated carbocycles. The van der Waals surface area contributed by atoms with Gasteiger partial charge in [-0.1, -0.05) is 48.9 Å². The summed E-state index contributed by atoms with van der Waals surface area (Å²) in [4.78, 5) is 31.5. The van der Waals surface area contributed by atoms with Gasteiger partial charge < -0.3 is 10.4 Å². The van der Waals surface area contributed by atoms with Crippen LogP contribution in [-0.4, -0.2) is 52.3 Å². The quantitative estimate of drug-likeness (QED) is 0.557. The zero-order chi connectivity index (χ0) is 23.3. The molecule has 1 aliphatic rings. The molecule has 0 spiro atoms. The van der Waals surface area contributed by atoms with E-state index in [0.29, 0.717) is 22.0 Å². The van der Waals surface area contributed by atoms with E-state index in [1.807, 2.05) is 37.3 Å². The lowest BCUT2D eigenvalue weighted by Gasteiger charge is -2.33. The van der Waals surface area contributed by atoms with Crippen molar-refractivity contribution in [2.45, 2.75) is 51.6 Å². The van der Waals surface area contributed by atoms with E-state index in [9.17, 15) is 14.7 Å². The third-order valence-corrected chi connectivity index (χ3v) is 6.25. The Morgan fingerprint density at radius 1 is 1.25 bits per heavy atom. The second-order valence-corrected chi connectivity index (χ2v) is 8.83. The molecule has 0 radical (unpaired) electrons. The number of anilines is 1. The number of carboxylic acid groups (broad SMARTS) is 1. The molecule has 6 nitrogen and oxygen atoms in total. The molecule has 170 valence electrons. The van der Waals surface area contributed by atoms with Gasteiger partial charge in [0.15, 0.2) is 0 Å². The molecule has 0 aromatic heterocycles. The first-order valence-corrected chi connectivity index (χ1v) is 11.3. The van der Waals surface area contributed by atoms with E-state index in [1.54, 1.807) is 25.1 Å². The van der Waals surface area contributed by atoms with Crippen molar-refractivity contribution < 1.29 is 14.7 Å². The zero-order valence-electron chi connectivity index (χ0n) is 18.8. The Morgan fingerprint density at radius 2 is 1.97 bits per heavy atom. The molecule has 1 heterocycles. The number of nitrogens with zero attached hydrogens (tertiary/aromatic N) is 2. The van der Waals surface area contributed by atoms with Crippen LogP contribution < -0.4 is 5.32 Å². The summed E-state index contributed by atoms with van der Waals surface area (Å²) in [5.74, 6) is -0.978. The fourth-order valence-electron chi connectivity index (χ4n) is 4.28. The van der Waals surface area contributed by atoms with Gasteiger partial charge in [-0.05, 0) is 58.0 Å². The Bertz CT molecular complexity index is 1010. The number of hydrogen-bond donors (Lipinski definition) is 2. The summed E-state index contributed by atoms with van der Waals surface area (Å²) in [6.45, 7) is 7.51. The SMILES string of the molecule is CCN1CCC[C@]1(C)C(=O)Nc1ccc(Cl)cc1C(=N[C@H](C)CC(=O)O)c1ccccc1. The highest BCUT2D eigenvalue weighted by atomic mass is 35.5. The van der Waals surface area contributed by atoms with Gasteiger partial charge in [0.1, 0.15) is 0 Å². The molecule has 0 aliphatic carbocycles. The number of hydrogen-bond acceptors (Lipinski definition) is 4. The fourth-order valence-corrected chi connectivity index (χ4v) is 4.45. The summed E-state index contributed by atoms with van der Waals surface area (Å²) in [5.41, 5.74) is 2.12. The number of likely N-dealkylation sites (tertiary alicyclic amines) is 1. The number of amides is 1. The van der Waals surface area contributed by atoms with E-state index in [4.69, 9.17) is 16.6 Å². The Kier molecular flexibility index (Phi) is 7.69. The van der Waals surface area contributed by atoms with Crippen molar-refractivity contribution in [2.24, 2.45) is 4.99 Å². The van der Waals surface area contributed by atoms with Crippen molar-refractivity contribution in [3.05, 3.63) is 64.7 Å². The Labute approximate surface area is 194 Å². The number of carbonyl (C=O) groups is 2. The average Bonchev–Trinajstić information content (AvgIpc) is 3.15. The molecule has 7 heteroatoms. The number of benzene rings is 2. The van der Waals surface area contributed by atoms with Gasteiger partial charge in [0, 0.05) is 16.1 Å². The number of aliphatic carboxylic acids is 1. The second-order valence-electron chi connectivity index (χ2n) is 8.39.